The number of nitrogens with one attached hydrogen (secondary N) is 1. The molecule has 0 spiro atoms. The number of amides is 2. The summed E-state index contributed by atoms with van der Waals surface area (Å²) in [4.78, 5) is 24.1. The van der Waals surface area contributed by atoms with Gasteiger partial charge in [0.2, 0.25) is 5.91 Å². The maximum absolute atomic E-state index is 13.9. The summed E-state index contributed by atoms with van der Waals surface area (Å²) >= 11 is 0. The fraction of sp³-hybridized carbons (Fsp3) is 0.105. The topological polar surface area (TPSA) is 90.0 Å². The highest BCUT2D eigenvalue weighted by Gasteiger charge is 2.24. The van der Waals surface area contributed by atoms with Gasteiger partial charge in [-0.05, 0) is 11.6 Å². The highest BCUT2D eigenvalue weighted by atomic mass is 19.1. The zero-order valence-electron chi connectivity index (χ0n) is 13.8. The van der Waals surface area contributed by atoms with E-state index in [9.17, 15) is 14.0 Å². The molecular formula is C19H17FN4O2. The van der Waals surface area contributed by atoms with Crippen LogP contribution in [-0.4, -0.2) is 21.6 Å². The van der Waals surface area contributed by atoms with Gasteiger partial charge in [-0.3, -0.25) is 14.3 Å². The van der Waals surface area contributed by atoms with Crippen LogP contribution in [0.25, 0.3) is 0 Å². The Labute approximate surface area is 149 Å². The average Bonchev–Trinajstić information content (AvgIpc) is 3.09. The number of nitrogens with zero attached hydrogens (tertiary/aromatic N) is 2. The molecule has 0 aliphatic rings. The van der Waals surface area contributed by atoms with Gasteiger partial charge in [0.15, 0.2) is 0 Å². The zero-order valence-corrected chi connectivity index (χ0v) is 13.8. The maximum atomic E-state index is 13.9. The summed E-state index contributed by atoms with van der Waals surface area (Å²) < 4.78 is 15.5. The molecule has 1 unspecified atom stereocenters. The Morgan fingerprint density at radius 3 is 2.50 bits per heavy atom. The molecule has 3 N–H and O–H groups in total. The summed E-state index contributed by atoms with van der Waals surface area (Å²) in [7, 11) is 0. The molecule has 0 aliphatic heterocycles. The van der Waals surface area contributed by atoms with E-state index in [-0.39, 0.29) is 11.1 Å². The van der Waals surface area contributed by atoms with Crippen LogP contribution in [0.3, 0.4) is 0 Å². The minimum Gasteiger partial charge on any atom is -0.368 e. The van der Waals surface area contributed by atoms with Gasteiger partial charge in [-0.1, -0.05) is 48.5 Å². The summed E-state index contributed by atoms with van der Waals surface area (Å²) in [5.74, 6) is -2.02. The standard InChI is InChI=1S/C19H17FN4O2/c20-16-9-5-4-8-15(16)17(18(21)25)23-19(26)14-10-22-24(12-14)11-13-6-2-1-3-7-13/h1-10,12,17H,11H2,(H2,21,25)(H,23,26). The molecule has 26 heavy (non-hydrogen) atoms. The zero-order chi connectivity index (χ0) is 18.5. The van der Waals surface area contributed by atoms with Gasteiger partial charge < -0.3 is 11.1 Å². The molecule has 2 aromatic carbocycles. The van der Waals surface area contributed by atoms with Crippen LogP contribution in [0.2, 0.25) is 0 Å². The smallest absolute Gasteiger partial charge is 0.255 e. The third kappa shape index (κ3) is 3.94. The second-order valence-corrected chi connectivity index (χ2v) is 5.74. The first-order valence-electron chi connectivity index (χ1n) is 7.95. The van der Waals surface area contributed by atoms with E-state index in [0.29, 0.717) is 6.54 Å². The third-order valence-corrected chi connectivity index (χ3v) is 3.86. The minimum absolute atomic E-state index is 0.0185. The van der Waals surface area contributed by atoms with E-state index >= 15 is 0 Å². The first-order chi connectivity index (χ1) is 12.5. The normalized spacial score (nSPS) is 11.7. The van der Waals surface area contributed by atoms with E-state index in [2.05, 4.69) is 10.4 Å². The number of carbonyl (C=O) groups excluding carboxylic acids is 2. The first-order valence-corrected chi connectivity index (χ1v) is 7.95. The Bertz CT molecular complexity index is 924. The van der Waals surface area contributed by atoms with Gasteiger partial charge in [-0.15, -0.1) is 0 Å². The summed E-state index contributed by atoms with van der Waals surface area (Å²) in [6, 6.07) is 14.0. The number of halogens is 1. The lowest BCUT2D eigenvalue weighted by molar-refractivity contribution is -0.120. The quantitative estimate of drug-likeness (QED) is 0.711. The fourth-order valence-electron chi connectivity index (χ4n) is 2.56. The third-order valence-electron chi connectivity index (χ3n) is 3.86. The van der Waals surface area contributed by atoms with Crippen molar-refractivity contribution < 1.29 is 14.0 Å². The number of carbonyl (C=O) groups is 2. The van der Waals surface area contributed by atoms with Crippen LogP contribution in [0.4, 0.5) is 4.39 Å². The molecule has 132 valence electrons. The van der Waals surface area contributed by atoms with Crippen LogP contribution in [0.1, 0.15) is 27.5 Å². The van der Waals surface area contributed by atoms with Crippen LogP contribution >= 0.6 is 0 Å². The molecule has 0 aliphatic carbocycles. The number of primary amides is 1. The number of rotatable bonds is 6. The Morgan fingerprint density at radius 2 is 1.81 bits per heavy atom. The van der Waals surface area contributed by atoms with E-state index < -0.39 is 23.7 Å². The number of aromatic nitrogens is 2. The molecule has 0 fully saturated rings. The fourth-order valence-corrected chi connectivity index (χ4v) is 2.56. The van der Waals surface area contributed by atoms with Gasteiger partial charge in [0.25, 0.3) is 5.91 Å². The van der Waals surface area contributed by atoms with Crippen molar-refractivity contribution in [1.29, 1.82) is 0 Å². The Kier molecular flexibility index (Phi) is 5.07. The van der Waals surface area contributed by atoms with Crippen LogP contribution < -0.4 is 11.1 Å². The molecule has 2 amide bonds. The van der Waals surface area contributed by atoms with E-state index in [0.717, 1.165) is 5.56 Å². The number of nitrogens with two attached hydrogens (primary N) is 1. The molecule has 1 heterocycles. The van der Waals surface area contributed by atoms with Crippen LogP contribution in [0.5, 0.6) is 0 Å². The van der Waals surface area contributed by atoms with Crippen molar-refractivity contribution in [3.05, 3.63) is 89.5 Å². The predicted octanol–water partition coefficient (Wildman–Crippen LogP) is 2.03. The van der Waals surface area contributed by atoms with Crippen molar-refractivity contribution in [3.63, 3.8) is 0 Å². The second-order valence-electron chi connectivity index (χ2n) is 5.74. The van der Waals surface area contributed by atoms with E-state index in [1.54, 1.807) is 16.9 Å². The minimum atomic E-state index is -1.26. The Morgan fingerprint density at radius 1 is 1.12 bits per heavy atom. The van der Waals surface area contributed by atoms with Crippen LogP contribution in [0, 0.1) is 5.82 Å². The Hall–Kier alpha value is -3.48. The highest BCUT2D eigenvalue weighted by Crippen LogP contribution is 2.17. The monoisotopic (exact) mass is 352 g/mol. The Balaban J connectivity index is 1.74. The van der Waals surface area contributed by atoms with Gasteiger partial charge in [0.05, 0.1) is 18.3 Å². The summed E-state index contributed by atoms with van der Waals surface area (Å²) in [6.07, 6.45) is 2.94. The number of hydrogen-bond donors (Lipinski definition) is 2. The first kappa shape index (κ1) is 17.3. The summed E-state index contributed by atoms with van der Waals surface area (Å²) in [5.41, 5.74) is 6.63. The lowest BCUT2D eigenvalue weighted by Gasteiger charge is -2.16. The molecular weight excluding hydrogens is 335 g/mol. The maximum Gasteiger partial charge on any atom is 0.255 e. The largest absolute Gasteiger partial charge is 0.368 e. The van der Waals surface area contributed by atoms with Crippen molar-refractivity contribution in [1.82, 2.24) is 15.1 Å². The van der Waals surface area contributed by atoms with Gasteiger partial charge >= 0.3 is 0 Å². The highest BCUT2D eigenvalue weighted by molar-refractivity contribution is 5.97. The molecule has 3 rings (SSSR count). The SMILES string of the molecule is NC(=O)C(NC(=O)c1cnn(Cc2ccccc2)c1)c1ccccc1F. The molecule has 7 heteroatoms. The summed E-state index contributed by atoms with van der Waals surface area (Å²) in [5, 5.41) is 6.60. The molecule has 6 nitrogen and oxygen atoms in total. The average molecular weight is 352 g/mol. The summed E-state index contributed by atoms with van der Waals surface area (Å²) in [6.45, 7) is 0.501. The van der Waals surface area contributed by atoms with Crippen molar-refractivity contribution in [2.75, 3.05) is 0 Å². The second kappa shape index (κ2) is 7.60. The van der Waals surface area contributed by atoms with Gasteiger partial charge in [0, 0.05) is 11.8 Å². The predicted molar refractivity (Wildman–Crippen MR) is 93.6 cm³/mol. The molecule has 0 bridgehead atoms. The van der Waals surface area contributed by atoms with Gasteiger partial charge in [-0.2, -0.15) is 5.10 Å². The number of hydrogen-bond acceptors (Lipinski definition) is 3. The van der Waals surface area contributed by atoms with Crippen molar-refractivity contribution in [2.45, 2.75) is 12.6 Å². The molecule has 1 atom stereocenters. The van der Waals surface area contributed by atoms with Crippen molar-refractivity contribution in [3.8, 4) is 0 Å². The van der Waals surface area contributed by atoms with Crippen molar-refractivity contribution >= 4 is 11.8 Å². The van der Waals surface area contributed by atoms with Gasteiger partial charge in [-0.25, -0.2) is 4.39 Å². The van der Waals surface area contributed by atoms with Crippen LogP contribution in [0.15, 0.2) is 67.0 Å². The lowest BCUT2D eigenvalue weighted by atomic mass is 10.1. The van der Waals surface area contributed by atoms with Crippen molar-refractivity contribution in [2.24, 2.45) is 5.73 Å². The molecule has 0 radical (unpaired) electrons. The molecule has 0 saturated carbocycles. The van der Waals surface area contributed by atoms with E-state index in [1.807, 2.05) is 30.3 Å². The molecule has 3 aromatic rings. The molecule has 0 saturated heterocycles. The van der Waals surface area contributed by atoms with Gasteiger partial charge in [0.1, 0.15) is 11.9 Å². The molecule has 1 aromatic heterocycles. The van der Waals surface area contributed by atoms with E-state index in [4.69, 9.17) is 5.73 Å². The van der Waals surface area contributed by atoms with E-state index in [1.165, 1.54) is 24.4 Å². The number of benzene rings is 2. The lowest BCUT2D eigenvalue weighted by Crippen LogP contribution is -2.37. The van der Waals surface area contributed by atoms with Crippen LogP contribution in [-0.2, 0) is 11.3 Å².